The van der Waals surface area contributed by atoms with Gasteiger partial charge < -0.3 is 10.2 Å². The molecule has 0 aliphatic heterocycles. The molecular weight excluding hydrogens is 222 g/mol. The number of hydrogen-bond acceptors (Lipinski definition) is 3. The van der Waals surface area contributed by atoms with Crippen LogP contribution in [0.25, 0.3) is 0 Å². The summed E-state index contributed by atoms with van der Waals surface area (Å²) in [7, 11) is 0. The van der Waals surface area contributed by atoms with Crippen LogP contribution < -0.4 is 5.56 Å². The van der Waals surface area contributed by atoms with Crippen LogP contribution in [0.15, 0.2) is 4.79 Å². The molecule has 5 nitrogen and oxygen atoms in total. The van der Waals surface area contributed by atoms with Gasteiger partial charge in [0.2, 0.25) is 5.88 Å². The Hall–Kier alpha value is -1.78. The zero-order chi connectivity index (χ0) is 12.7. The Bertz CT molecular complexity index is 526. The fourth-order valence-electron chi connectivity index (χ4n) is 2.22. The highest BCUT2D eigenvalue weighted by Gasteiger charge is 2.33. The van der Waals surface area contributed by atoms with Crippen LogP contribution in [-0.2, 0) is 0 Å². The highest BCUT2D eigenvalue weighted by atomic mass is 16.4. The highest BCUT2D eigenvalue weighted by molar-refractivity contribution is 5.92. The van der Waals surface area contributed by atoms with Gasteiger partial charge in [-0.15, -0.1) is 0 Å². The Morgan fingerprint density at radius 2 is 2.00 bits per heavy atom. The second kappa shape index (κ2) is 3.91. The third-order valence-electron chi connectivity index (χ3n) is 3.05. The summed E-state index contributed by atoms with van der Waals surface area (Å²) in [6, 6.07) is 0. The second-order valence-electron chi connectivity index (χ2n) is 4.74. The maximum atomic E-state index is 11.8. The summed E-state index contributed by atoms with van der Waals surface area (Å²) >= 11 is 0. The molecule has 0 amide bonds. The van der Waals surface area contributed by atoms with Gasteiger partial charge in [-0.1, -0.05) is 13.8 Å². The smallest absolute Gasteiger partial charge is 0.341 e. The van der Waals surface area contributed by atoms with Crippen LogP contribution >= 0.6 is 0 Å². The van der Waals surface area contributed by atoms with Crippen LogP contribution in [-0.4, -0.2) is 21.2 Å². The lowest BCUT2D eigenvalue weighted by atomic mass is 9.91. The highest BCUT2D eigenvalue weighted by Crippen LogP contribution is 2.43. The molecule has 1 aromatic rings. The molecule has 17 heavy (non-hydrogen) atoms. The lowest BCUT2D eigenvalue weighted by Gasteiger charge is -2.15. The van der Waals surface area contributed by atoms with Crippen LogP contribution in [0, 0.1) is 0 Å². The Balaban J connectivity index is 2.78. The van der Waals surface area contributed by atoms with Crippen LogP contribution in [0.1, 0.15) is 60.0 Å². The number of aromatic carboxylic acids is 1. The molecule has 3 N–H and O–H groups in total. The number of rotatable bonds is 3. The molecule has 0 spiro atoms. The van der Waals surface area contributed by atoms with Gasteiger partial charge in [0.05, 0.1) is 0 Å². The van der Waals surface area contributed by atoms with Crippen LogP contribution in [0.4, 0.5) is 0 Å². The van der Waals surface area contributed by atoms with Gasteiger partial charge >= 0.3 is 5.97 Å². The molecule has 0 atom stereocenters. The summed E-state index contributed by atoms with van der Waals surface area (Å²) in [6.45, 7) is 3.65. The number of aromatic hydroxyl groups is 1. The van der Waals surface area contributed by atoms with Crippen molar-refractivity contribution in [3.05, 3.63) is 27.0 Å². The molecule has 2 rings (SSSR count). The van der Waals surface area contributed by atoms with E-state index in [-0.39, 0.29) is 23.0 Å². The minimum atomic E-state index is -1.20. The van der Waals surface area contributed by atoms with E-state index in [1.807, 2.05) is 13.8 Å². The van der Waals surface area contributed by atoms with Crippen molar-refractivity contribution in [1.82, 2.24) is 4.98 Å². The largest absolute Gasteiger partial charge is 0.494 e. The van der Waals surface area contributed by atoms with Gasteiger partial charge in [-0.05, 0) is 30.2 Å². The Labute approximate surface area is 98.1 Å². The van der Waals surface area contributed by atoms with Gasteiger partial charge in [0, 0.05) is 5.56 Å². The van der Waals surface area contributed by atoms with E-state index < -0.39 is 11.8 Å². The first kappa shape index (κ1) is 11.7. The number of pyridine rings is 1. The minimum absolute atomic E-state index is 0.107. The van der Waals surface area contributed by atoms with E-state index in [9.17, 15) is 14.7 Å². The molecule has 1 aromatic heterocycles. The molecule has 92 valence electrons. The lowest BCUT2D eigenvalue weighted by Crippen LogP contribution is -2.20. The molecule has 0 aromatic carbocycles. The first-order chi connectivity index (χ1) is 7.93. The topological polar surface area (TPSA) is 90.4 Å². The van der Waals surface area contributed by atoms with E-state index in [1.54, 1.807) is 0 Å². The molecular formula is C12H15NO4. The van der Waals surface area contributed by atoms with E-state index in [0.717, 1.165) is 12.8 Å². The number of aromatic amines is 1. The summed E-state index contributed by atoms with van der Waals surface area (Å²) in [5.41, 5.74) is 0.483. The molecule has 0 unspecified atom stereocenters. The zero-order valence-electron chi connectivity index (χ0n) is 9.78. The third kappa shape index (κ3) is 1.92. The van der Waals surface area contributed by atoms with Crippen molar-refractivity contribution in [3.8, 4) is 5.88 Å². The Morgan fingerprint density at radius 1 is 1.41 bits per heavy atom. The van der Waals surface area contributed by atoms with Crippen molar-refractivity contribution in [2.45, 2.75) is 38.5 Å². The number of hydrogen-bond donors (Lipinski definition) is 3. The zero-order valence-corrected chi connectivity index (χ0v) is 9.78. The molecule has 0 bridgehead atoms. The van der Waals surface area contributed by atoms with E-state index in [0.29, 0.717) is 11.1 Å². The SMILES string of the molecule is CC(C)c1c(C(=O)O)c(O)[nH]c(=O)c1C1CC1. The van der Waals surface area contributed by atoms with Crippen LogP contribution in [0.2, 0.25) is 0 Å². The van der Waals surface area contributed by atoms with Gasteiger partial charge in [-0.3, -0.25) is 9.78 Å². The van der Waals surface area contributed by atoms with Gasteiger partial charge in [-0.25, -0.2) is 4.79 Å². The van der Waals surface area contributed by atoms with E-state index in [1.165, 1.54) is 0 Å². The number of H-pyrrole nitrogens is 1. The Morgan fingerprint density at radius 3 is 2.41 bits per heavy atom. The molecule has 1 saturated carbocycles. The Kier molecular flexibility index (Phi) is 2.69. The summed E-state index contributed by atoms with van der Waals surface area (Å²) in [5, 5.41) is 18.7. The van der Waals surface area contributed by atoms with Gasteiger partial charge in [-0.2, -0.15) is 0 Å². The molecule has 1 heterocycles. The van der Waals surface area contributed by atoms with E-state index >= 15 is 0 Å². The van der Waals surface area contributed by atoms with Gasteiger partial charge in [0.15, 0.2) is 0 Å². The normalized spacial score (nSPS) is 15.2. The second-order valence-corrected chi connectivity index (χ2v) is 4.74. The quantitative estimate of drug-likeness (QED) is 0.747. The van der Waals surface area contributed by atoms with E-state index in [4.69, 9.17) is 5.11 Å². The predicted octanol–water partition coefficient (Wildman–Crippen LogP) is 1.78. The molecule has 0 radical (unpaired) electrons. The standard InChI is InChI=1S/C12H15NO4/c1-5(2)7-8(6-3-4-6)10(14)13-11(15)9(7)12(16)17/h5-6H,3-4H2,1-2H3,(H,16,17)(H2,13,14,15). The maximum absolute atomic E-state index is 11.8. The number of aromatic nitrogens is 1. The average Bonchev–Trinajstić information content (AvgIpc) is 2.98. The summed E-state index contributed by atoms with van der Waals surface area (Å²) < 4.78 is 0. The third-order valence-corrected chi connectivity index (χ3v) is 3.05. The monoisotopic (exact) mass is 237 g/mol. The molecule has 1 aliphatic carbocycles. The van der Waals surface area contributed by atoms with Crippen LogP contribution in [0.5, 0.6) is 5.88 Å². The van der Waals surface area contributed by atoms with Gasteiger partial charge in [0.1, 0.15) is 5.56 Å². The number of nitrogens with one attached hydrogen (secondary N) is 1. The fourth-order valence-corrected chi connectivity index (χ4v) is 2.22. The number of carboxylic acids is 1. The fraction of sp³-hybridized carbons (Fsp3) is 0.500. The molecule has 0 saturated heterocycles. The van der Waals surface area contributed by atoms with E-state index in [2.05, 4.69) is 4.98 Å². The summed E-state index contributed by atoms with van der Waals surface area (Å²) in [5.74, 6) is -1.71. The lowest BCUT2D eigenvalue weighted by molar-refractivity contribution is 0.0691. The minimum Gasteiger partial charge on any atom is -0.494 e. The van der Waals surface area contributed by atoms with Crippen molar-refractivity contribution >= 4 is 5.97 Å². The summed E-state index contributed by atoms with van der Waals surface area (Å²) in [6.07, 6.45) is 1.82. The van der Waals surface area contributed by atoms with Crippen molar-refractivity contribution in [3.63, 3.8) is 0 Å². The predicted molar refractivity (Wildman–Crippen MR) is 61.8 cm³/mol. The molecule has 1 aliphatic rings. The summed E-state index contributed by atoms with van der Waals surface area (Å²) in [4.78, 5) is 25.2. The first-order valence-electron chi connectivity index (χ1n) is 5.65. The van der Waals surface area contributed by atoms with Crippen molar-refractivity contribution < 1.29 is 15.0 Å². The molecule has 1 fully saturated rings. The first-order valence-corrected chi connectivity index (χ1v) is 5.65. The van der Waals surface area contributed by atoms with Crippen molar-refractivity contribution in [1.29, 1.82) is 0 Å². The number of carboxylic acid groups (broad SMARTS) is 1. The van der Waals surface area contributed by atoms with Crippen molar-refractivity contribution in [2.24, 2.45) is 0 Å². The molecule has 5 heteroatoms. The van der Waals surface area contributed by atoms with Crippen molar-refractivity contribution in [2.75, 3.05) is 0 Å². The van der Waals surface area contributed by atoms with Gasteiger partial charge in [0.25, 0.3) is 5.56 Å². The average molecular weight is 237 g/mol. The number of carbonyl (C=O) groups is 1. The maximum Gasteiger partial charge on any atom is 0.341 e. The van der Waals surface area contributed by atoms with Crippen LogP contribution in [0.3, 0.4) is 0 Å².